The van der Waals surface area contributed by atoms with E-state index in [0.717, 1.165) is 16.9 Å². The molecule has 0 aliphatic rings. The Morgan fingerprint density at radius 3 is 2.60 bits per heavy atom. The minimum Gasteiger partial charge on any atom is -0.398 e. The lowest BCUT2D eigenvalue weighted by Crippen LogP contribution is -2.11. The largest absolute Gasteiger partial charge is 0.398 e. The van der Waals surface area contributed by atoms with Crippen LogP contribution in [0.4, 0.5) is 17.1 Å². The van der Waals surface area contributed by atoms with Crippen LogP contribution in [0.3, 0.4) is 0 Å². The Kier molecular flexibility index (Phi) is 3.88. The van der Waals surface area contributed by atoms with Crippen LogP contribution in [0.1, 0.15) is 11.1 Å². The summed E-state index contributed by atoms with van der Waals surface area (Å²) in [5.74, 6) is 0. The summed E-state index contributed by atoms with van der Waals surface area (Å²) in [6.45, 7) is 0. The Morgan fingerprint density at radius 2 is 1.90 bits per heavy atom. The summed E-state index contributed by atoms with van der Waals surface area (Å²) in [6, 6.07) is 17.2. The predicted octanol–water partition coefficient (Wildman–Crippen LogP) is 2.97. The van der Waals surface area contributed by atoms with Crippen LogP contribution in [-0.4, -0.2) is 7.05 Å². The van der Waals surface area contributed by atoms with Crippen molar-refractivity contribution in [3.05, 3.63) is 53.6 Å². The van der Waals surface area contributed by atoms with Crippen LogP contribution < -0.4 is 10.6 Å². The van der Waals surface area contributed by atoms with Crippen molar-refractivity contribution in [2.75, 3.05) is 17.7 Å². The van der Waals surface area contributed by atoms with Gasteiger partial charge in [-0.15, -0.1) is 0 Å². The lowest BCUT2D eigenvalue weighted by molar-refractivity contribution is 1.18. The fourth-order valence-corrected chi connectivity index (χ4v) is 2.04. The standard InChI is InChI=1S/C16H14N4/c1-20(16-5-3-2-4-13(16)11-18)14-6-7-15(19)12(10-14)8-9-17/h2-7,10H,8,19H2,1H3. The van der Waals surface area contributed by atoms with Crippen LogP contribution in [0.25, 0.3) is 0 Å². The van der Waals surface area contributed by atoms with Crippen LogP contribution in [0.5, 0.6) is 0 Å². The minimum absolute atomic E-state index is 0.271. The summed E-state index contributed by atoms with van der Waals surface area (Å²) in [4.78, 5) is 1.92. The van der Waals surface area contributed by atoms with Gasteiger partial charge in [0, 0.05) is 18.4 Å². The molecule has 0 aliphatic heterocycles. The average molecular weight is 262 g/mol. The van der Waals surface area contributed by atoms with Gasteiger partial charge in [-0.25, -0.2) is 0 Å². The normalized spacial score (nSPS) is 9.55. The molecule has 98 valence electrons. The van der Waals surface area contributed by atoms with Gasteiger partial charge >= 0.3 is 0 Å². The zero-order valence-electron chi connectivity index (χ0n) is 11.2. The topological polar surface area (TPSA) is 76.8 Å². The van der Waals surface area contributed by atoms with Gasteiger partial charge in [-0.2, -0.15) is 10.5 Å². The predicted molar refractivity (Wildman–Crippen MR) is 79.4 cm³/mol. The van der Waals surface area contributed by atoms with Gasteiger partial charge in [-0.1, -0.05) is 12.1 Å². The number of rotatable bonds is 3. The number of nitriles is 2. The van der Waals surface area contributed by atoms with Crippen molar-refractivity contribution in [2.45, 2.75) is 6.42 Å². The first-order valence-corrected chi connectivity index (χ1v) is 6.15. The zero-order valence-corrected chi connectivity index (χ0v) is 11.2. The first-order valence-electron chi connectivity index (χ1n) is 6.15. The molecule has 20 heavy (non-hydrogen) atoms. The molecule has 0 saturated carbocycles. The Labute approximate surface area is 118 Å². The molecule has 0 saturated heterocycles. The average Bonchev–Trinajstić information content (AvgIpc) is 2.49. The lowest BCUT2D eigenvalue weighted by atomic mass is 10.1. The third-order valence-electron chi connectivity index (χ3n) is 3.17. The molecule has 4 nitrogen and oxygen atoms in total. The maximum atomic E-state index is 9.16. The van der Waals surface area contributed by atoms with Crippen molar-refractivity contribution < 1.29 is 0 Å². The van der Waals surface area contributed by atoms with Gasteiger partial charge in [0.1, 0.15) is 6.07 Å². The van der Waals surface area contributed by atoms with Gasteiger partial charge in [-0.05, 0) is 35.9 Å². The molecule has 2 rings (SSSR count). The van der Waals surface area contributed by atoms with Crippen LogP contribution in [0, 0.1) is 22.7 Å². The van der Waals surface area contributed by atoms with Crippen LogP contribution >= 0.6 is 0 Å². The van der Waals surface area contributed by atoms with Crippen LogP contribution in [-0.2, 0) is 6.42 Å². The molecule has 2 aromatic carbocycles. The number of hydrogen-bond donors (Lipinski definition) is 1. The van der Waals surface area contributed by atoms with Crippen molar-refractivity contribution >= 4 is 17.1 Å². The molecule has 0 heterocycles. The third-order valence-corrected chi connectivity index (χ3v) is 3.17. The number of para-hydroxylation sites is 1. The maximum absolute atomic E-state index is 9.16. The number of benzene rings is 2. The highest BCUT2D eigenvalue weighted by molar-refractivity contribution is 5.71. The summed E-state index contributed by atoms with van der Waals surface area (Å²) < 4.78 is 0. The Hall–Kier alpha value is -2.98. The SMILES string of the molecule is CN(c1ccc(N)c(CC#N)c1)c1ccccc1C#N. The van der Waals surface area contributed by atoms with E-state index in [1.807, 2.05) is 42.3 Å². The van der Waals surface area contributed by atoms with E-state index in [4.69, 9.17) is 16.3 Å². The molecular formula is C16H14N4. The number of anilines is 3. The minimum atomic E-state index is 0.271. The van der Waals surface area contributed by atoms with Crippen molar-refractivity contribution in [1.82, 2.24) is 0 Å². The monoisotopic (exact) mass is 262 g/mol. The fourth-order valence-electron chi connectivity index (χ4n) is 2.04. The molecule has 0 aromatic heterocycles. The first kappa shape index (κ1) is 13.5. The maximum Gasteiger partial charge on any atom is 0.101 e. The molecule has 0 amide bonds. The molecule has 0 fully saturated rings. The van der Waals surface area contributed by atoms with E-state index in [1.165, 1.54) is 0 Å². The highest BCUT2D eigenvalue weighted by Gasteiger charge is 2.10. The third kappa shape index (κ3) is 2.55. The number of nitrogen functional groups attached to an aromatic ring is 1. The first-order chi connectivity index (χ1) is 9.67. The van der Waals surface area contributed by atoms with Crippen LogP contribution in [0.15, 0.2) is 42.5 Å². The molecule has 0 radical (unpaired) electrons. The fraction of sp³-hybridized carbons (Fsp3) is 0.125. The van der Waals surface area contributed by atoms with Crippen molar-refractivity contribution in [1.29, 1.82) is 10.5 Å². The number of nitrogens with two attached hydrogens (primary N) is 1. The van der Waals surface area contributed by atoms with E-state index >= 15 is 0 Å². The highest BCUT2D eigenvalue weighted by atomic mass is 15.1. The molecule has 2 aromatic rings. The molecule has 2 N–H and O–H groups in total. The lowest BCUT2D eigenvalue weighted by Gasteiger charge is -2.21. The van der Waals surface area contributed by atoms with Gasteiger partial charge in [0.25, 0.3) is 0 Å². The molecule has 0 spiro atoms. The second-order valence-electron chi connectivity index (χ2n) is 4.41. The molecular weight excluding hydrogens is 248 g/mol. The van der Waals surface area contributed by atoms with Gasteiger partial charge in [0.05, 0.1) is 23.7 Å². The van der Waals surface area contributed by atoms with Gasteiger partial charge in [-0.3, -0.25) is 0 Å². The summed E-state index contributed by atoms with van der Waals surface area (Å²) in [5.41, 5.74) is 9.58. The summed E-state index contributed by atoms with van der Waals surface area (Å²) in [7, 11) is 1.89. The van der Waals surface area contributed by atoms with Gasteiger partial charge in [0.15, 0.2) is 0 Å². The molecule has 0 unspecified atom stereocenters. The quantitative estimate of drug-likeness (QED) is 0.863. The van der Waals surface area contributed by atoms with E-state index in [9.17, 15) is 0 Å². The van der Waals surface area contributed by atoms with Crippen molar-refractivity contribution in [3.8, 4) is 12.1 Å². The Morgan fingerprint density at radius 1 is 1.15 bits per heavy atom. The zero-order chi connectivity index (χ0) is 14.5. The van der Waals surface area contributed by atoms with Gasteiger partial charge < -0.3 is 10.6 Å². The van der Waals surface area contributed by atoms with E-state index in [-0.39, 0.29) is 6.42 Å². The van der Waals surface area contributed by atoms with E-state index in [2.05, 4.69) is 12.1 Å². The summed E-state index contributed by atoms with van der Waals surface area (Å²) in [5, 5.41) is 18.0. The van der Waals surface area contributed by atoms with E-state index in [1.54, 1.807) is 12.1 Å². The van der Waals surface area contributed by atoms with Crippen molar-refractivity contribution in [2.24, 2.45) is 0 Å². The smallest absolute Gasteiger partial charge is 0.101 e. The number of hydrogen-bond acceptors (Lipinski definition) is 4. The molecule has 0 bridgehead atoms. The summed E-state index contributed by atoms with van der Waals surface area (Å²) in [6.07, 6.45) is 0.271. The molecule has 0 aliphatic carbocycles. The molecule has 0 atom stereocenters. The molecule has 4 heteroatoms. The Bertz CT molecular complexity index is 707. The number of nitrogens with zero attached hydrogens (tertiary/aromatic N) is 3. The van der Waals surface area contributed by atoms with Crippen molar-refractivity contribution in [3.63, 3.8) is 0 Å². The van der Waals surface area contributed by atoms with E-state index in [0.29, 0.717) is 11.3 Å². The van der Waals surface area contributed by atoms with Gasteiger partial charge in [0.2, 0.25) is 0 Å². The summed E-state index contributed by atoms with van der Waals surface area (Å²) >= 11 is 0. The second kappa shape index (κ2) is 5.77. The van der Waals surface area contributed by atoms with E-state index < -0.39 is 0 Å². The van der Waals surface area contributed by atoms with Crippen LogP contribution in [0.2, 0.25) is 0 Å². The second-order valence-corrected chi connectivity index (χ2v) is 4.41. The highest BCUT2D eigenvalue weighted by Crippen LogP contribution is 2.29. The Balaban J connectivity index is 2.44.